The zero-order valence-electron chi connectivity index (χ0n) is 25.7. The van der Waals surface area contributed by atoms with Gasteiger partial charge >= 0.3 is 0 Å². The van der Waals surface area contributed by atoms with Gasteiger partial charge in [-0.05, 0) is 128 Å². The van der Waals surface area contributed by atoms with Crippen LogP contribution in [0.5, 0.6) is 0 Å². The van der Waals surface area contributed by atoms with E-state index in [-0.39, 0.29) is 0 Å². The third-order valence-electron chi connectivity index (χ3n) is 8.36. The van der Waals surface area contributed by atoms with Crippen molar-refractivity contribution in [1.82, 2.24) is 0 Å². The first-order valence-corrected chi connectivity index (χ1v) is 16.4. The van der Waals surface area contributed by atoms with Crippen LogP contribution in [0, 0.1) is 0 Å². The summed E-state index contributed by atoms with van der Waals surface area (Å²) in [6.45, 7) is 14.1. The molecule has 0 nitrogen and oxygen atoms in total. The molecule has 0 bridgehead atoms. The number of unbranched alkanes of at least 4 members (excludes halogenated alkanes) is 6. The molecule has 0 heteroatoms. The molecule has 2 aromatic carbocycles. The van der Waals surface area contributed by atoms with Crippen molar-refractivity contribution in [2.45, 2.75) is 164 Å². The number of hydrogen-bond donors (Lipinski definition) is 0. The van der Waals surface area contributed by atoms with Crippen molar-refractivity contribution in [3.05, 3.63) is 68.8 Å². The second-order valence-corrected chi connectivity index (χ2v) is 11.5. The fourth-order valence-corrected chi connectivity index (χ4v) is 5.93. The molecule has 0 atom stereocenters. The maximum Gasteiger partial charge on any atom is -0.00146 e. The second kappa shape index (κ2) is 18.7. The topological polar surface area (TPSA) is 0 Å². The normalized spacial score (nSPS) is 11.4. The third kappa shape index (κ3) is 9.92. The summed E-state index contributed by atoms with van der Waals surface area (Å²) >= 11 is 0. The molecule has 208 valence electrons. The minimum absolute atomic E-state index is 1.16. The predicted molar refractivity (Wildman–Crippen MR) is 167 cm³/mol. The standard InChI is InChI=1S/C37H60/c1-7-13-19-30-25-27-32(21-15-9-3)36(34(30)23-17-11-5)29-37-33(22-16-10-4)28-26-31(20-14-8-2)35(37)24-18-12-6/h25-28H,7-24,29H2,1-6H3. The highest BCUT2D eigenvalue weighted by molar-refractivity contribution is 5.50. The molecule has 0 unspecified atom stereocenters. The second-order valence-electron chi connectivity index (χ2n) is 11.5. The molecule has 0 N–H and O–H groups in total. The molecule has 0 spiro atoms. The molecule has 0 aliphatic rings. The van der Waals surface area contributed by atoms with Crippen molar-refractivity contribution in [3.8, 4) is 0 Å². The summed E-state index contributed by atoms with van der Waals surface area (Å²) in [6, 6.07) is 10.1. The van der Waals surface area contributed by atoms with Gasteiger partial charge in [-0.3, -0.25) is 0 Å². The molecule has 0 aliphatic carbocycles. The molecule has 0 saturated heterocycles. The highest BCUT2D eigenvalue weighted by Gasteiger charge is 2.19. The van der Waals surface area contributed by atoms with Crippen molar-refractivity contribution in [1.29, 1.82) is 0 Å². The molecular weight excluding hydrogens is 444 g/mol. The van der Waals surface area contributed by atoms with Gasteiger partial charge in [0.15, 0.2) is 0 Å². The van der Waals surface area contributed by atoms with E-state index < -0.39 is 0 Å². The van der Waals surface area contributed by atoms with E-state index >= 15 is 0 Å². The van der Waals surface area contributed by atoms with Gasteiger partial charge in [0, 0.05) is 0 Å². The van der Waals surface area contributed by atoms with E-state index in [0.29, 0.717) is 0 Å². The number of rotatable bonds is 20. The van der Waals surface area contributed by atoms with Gasteiger partial charge in [0.1, 0.15) is 0 Å². The van der Waals surface area contributed by atoms with Crippen LogP contribution in [0.3, 0.4) is 0 Å². The van der Waals surface area contributed by atoms with E-state index in [0.717, 1.165) is 6.42 Å². The molecule has 0 aromatic heterocycles. The van der Waals surface area contributed by atoms with Crippen LogP contribution in [0.25, 0.3) is 0 Å². The summed E-state index contributed by atoms with van der Waals surface area (Å²) < 4.78 is 0. The van der Waals surface area contributed by atoms with Gasteiger partial charge in [0.2, 0.25) is 0 Å². The van der Waals surface area contributed by atoms with Crippen LogP contribution in [-0.2, 0) is 44.9 Å². The monoisotopic (exact) mass is 504 g/mol. The lowest BCUT2D eigenvalue weighted by atomic mass is 9.81. The van der Waals surface area contributed by atoms with Gasteiger partial charge in [0.05, 0.1) is 0 Å². The first-order valence-electron chi connectivity index (χ1n) is 16.4. The lowest BCUT2D eigenvalue weighted by Gasteiger charge is -2.24. The Morgan fingerprint density at radius 2 is 0.568 bits per heavy atom. The van der Waals surface area contributed by atoms with E-state index in [1.165, 1.54) is 116 Å². The fraction of sp³-hybridized carbons (Fsp3) is 0.676. The van der Waals surface area contributed by atoms with E-state index in [2.05, 4.69) is 65.8 Å². The smallest absolute Gasteiger partial charge is 0.00146 e. The van der Waals surface area contributed by atoms with Crippen LogP contribution in [0.4, 0.5) is 0 Å². The molecular formula is C37H60. The molecule has 37 heavy (non-hydrogen) atoms. The van der Waals surface area contributed by atoms with Crippen LogP contribution in [0.15, 0.2) is 24.3 Å². The van der Waals surface area contributed by atoms with E-state index in [1.54, 1.807) is 44.5 Å². The number of hydrogen-bond acceptors (Lipinski definition) is 0. The average molecular weight is 505 g/mol. The highest BCUT2D eigenvalue weighted by atomic mass is 14.2. The average Bonchev–Trinajstić information content (AvgIpc) is 2.92. The Balaban J connectivity index is 2.72. The van der Waals surface area contributed by atoms with Crippen LogP contribution in [0.2, 0.25) is 0 Å². The Bertz CT molecular complexity index is 814. The third-order valence-corrected chi connectivity index (χ3v) is 8.36. The largest absolute Gasteiger partial charge is 0.0654 e. The summed E-state index contributed by atoms with van der Waals surface area (Å²) in [6.07, 6.45) is 24.2. The van der Waals surface area contributed by atoms with Crippen molar-refractivity contribution >= 4 is 0 Å². The zero-order chi connectivity index (χ0) is 26.9. The Morgan fingerprint density at radius 3 is 0.838 bits per heavy atom. The molecule has 0 heterocycles. The van der Waals surface area contributed by atoms with Crippen LogP contribution in [-0.4, -0.2) is 0 Å². The van der Waals surface area contributed by atoms with Crippen molar-refractivity contribution in [3.63, 3.8) is 0 Å². The van der Waals surface area contributed by atoms with Crippen LogP contribution in [0.1, 0.15) is 163 Å². The molecule has 0 fully saturated rings. The predicted octanol–water partition coefficient (Wildman–Crippen LogP) is 11.3. The van der Waals surface area contributed by atoms with E-state index in [4.69, 9.17) is 0 Å². The van der Waals surface area contributed by atoms with Crippen molar-refractivity contribution in [2.24, 2.45) is 0 Å². The minimum Gasteiger partial charge on any atom is -0.0654 e. The van der Waals surface area contributed by atoms with Gasteiger partial charge in [-0.15, -0.1) is 0 Å². The Labute approximate surface area is 232 Å². The molecule has 2 aromatic rings. The summed E-state index contributed by atoms with van der Waals surface area (Å²) in [5.41, 5.74) is 13.5. The molecule has 0 aliphatic heterocycles. The number of aryl methyl sites for hydroxylation is 4. The number of benzene rings is 2. The minimum atomic E-state index is 1.16. The quantitative estimate of drug-likeness (QED) is 0.168. The maximum atomic E-state index is 2.53. The van der Waals surface area contributed by atoms with Crippen molar-refractivity contribution in [2.75, 3.05) is 0 Å². The fourth-order valence-electron chi connectivity index (χ4n) is 5.93. The highest BCUT2D eigenvalue weighted by Crippen LogP contribution is 2.32. The van der Waals surface area contributed by atoms with Gasteiger partial charge in [-0.25, -0.2) is 0 Å². The Morgan fingerprint density at radius 1 is 0.324 bits per heavy atom. The van der Waals surface area contributed by atoms with Crippen molar-refractivity contribution < 1.29 is 0 Å². The van der Waals surface area contributed by atoms with Crippen LogP contribution >= 0.6 is 0 Å². The summed E-state index contributed by atoms with van der Waals surface area (Å²) in [7, 11) is 0. The molecule has 0 saturated carbocycles. The molecule has 2 rings (SSSR count). The summed E-state index contributed by atoms with van der Waals surface area (Å²) in [5.74, 6) is 0. The molecule has 0 radical (unpaired) electrons. The first-order chi connectivity index (χ1) is 18.1. The Hall–Kier alpha value is -1.56. The van der Waals surface area contributed by atoms with Gasteiger partial charge in [-0.2, -0.15) is 0 Å². The van der Waals surface area contributed by atoms with E-state index in [9.17, 15) is 0 Å². The van der Waals surface area contributed by atoms with Gasteiger partial charge in [-0.1, -0.05) is 104 Å². The Kier molecular flexibility index (Phi) is 16.0. The zero-order valence-corrected chi connectivity index (χ0v) is 25.7. The maximum absolute atomic E-state index is 2.53. The first kappa shape index (κ1) is 31.7. The summed E-state index contributed by atoms with van der Waals surface area (Å²) in [4.78, 5) is 0. The molecule has 0 amide bonds. The van der Waals surface area contributed by atoms with E-state index in [1.807, 2.05) is 0 Å². The van der Waals surface area contributed by atoms with Gasteiger partial charge < -0.3 is 0 Å². The lowest BCUT2D eigenvalue weighted by Crippen LogP contribution is -2.11. The van der Waals surface area contributed by atoms with Crippen LogP contribution < -0.4 is 0 Å². The SMILES string of the molecule is CCCCc1ccc(CCCC)c(Cc2c(CCCC)ccc(CCCC)c2CCCC)c1CCCC. The summed E-state index contributed by atoms with van der Waals surface area (Å²) in [5, 5.41) is 0. The lowest BCUT2D eigenvalue weighted by molar-refractivity contribution is 0.730. The van der Waals surface area contributed by atoms with Gasteiger partial charge in [0.25, 0.3) is 0 Å².